The van der Waals surface area contributed by atoms with E-state index >= 15 is 0 Å². The number of methoxy groups -OCH3 is 2. The quantitative estimate of drug-likeness (QED) is 0.340. The number of hydrogen-bond acceptors (Lipinski definition) is 7. The zero-order valence-electron chi connectivity index (χ0n) is 23.4. The van der Waals surface area contributed by atoms with Gasteiger partial charge < -0.3 is 34.6 Å². The Bertz CT molecular complexity index is 1660. The molecule has 3 atom stereocenters. The molecule has 0 unspecified atom stereocenters. The largest absolute Gasteiger partial charge is 0.494 e. The average Bonchev–Trinajstić information content (AvgIpc) is 3.35. The lowest BCUT2D eigenvalue weighted by Crippen LogP contribution is -2.41. The van der Waals surface area contributed by atoms with Crippen molar-refractivity contribution in [2.24, 2.45) is 17.6 Å². The molecule has 11 nitrogen and oxygen atoms in total. The van der Waals surface area contributed by atoms with Gasteiger partial charge in [-0.2, -0.15) is 0 Å². The van der Waals surface area contributed by atoms with Gasteiger partial charge in [0.05, 0.1) is 25.4 Å². The summed E-state index contributed by atoms with van der Waals surface area (Å²) in [7, 11) is 2.95. The molecule has 2 saturated carbocycles. The molecule has 3 fully saturated rings. The fourth-order valence-corrected chi connectivity index (χ4v) is 6.73. The van der Waals surface area contributed by atoms with E-state index in [0.717, 1.165) is 47.5 Å². The molecule has 3 aromatic heterocycles. The number of nitrogens with two attached hydrogens (primary N) is 1. The van der Waals surface area contributed by atoms with E-state index in [1.165, 1.54) is 20.0 Å². The molecule has 1 saturated heterocycles. The van der Waals surface area contributed by atoms with E-state index in [1.54, 1.807) is 13.2 Å². The first kappa shape index (κ1) is 25.8. The summed E-state index contributed by atoms with van der Waals surface area (Å²) < 4.78 is 15.0. The van der Waals surface area contributed by atoms with Crippen molar-refractivity contribution in [2.45, 2.75) is 50.9 Å². The fourth-order valence-electron chi connectivity index (χ4n) is 6.73. The van der Waals surface area contributed by atoms with Crippen LogP contribution in [0.1, 0.15) is 36.0 Å². The second-order valence-electron chi connectivity index (χ2n) is 11.5. The molecule has 0 radical (unpaired) electrons. The van der Waals surface area contributed by atoms with Gasteiger partial charge in [0.1, 0.15) is 16.9 Å². The van der Waals surface area contributed by atoms with Gasteiger partial charge in [0, 0.05) is 55.4 Å². The summed E-state index contributed by atoms with van der Waals surface area (Å²) >= 11 is 0. The van der Waals surface area contributed by atoms with Crippen LogP contribution in [0.3, 0.4) is 0 Å². The van der Waals surface area contributed by atoms with E-state index in [-0.39, 0.29) is 18.0 Å². The van der Waals surface area contributed by atoms with Crippen LogP contribution in [0.25, 0.3) is 33.6 Å². The Morgan fingerprint density at radius 3 is 2.68 bits per heavy atom. The number of rotatable bonds is 8. The van der Waals surface area contributed by atoms with Crippen LogP contribution in [-0.4, -0.2) is 75.4 Å². The van der Waals surface area contributed by atoms with E-state index in [0.29, 0.717) is 48.3 Å². The van der Waals surface area contributed by atoms with Gasteiger partial charge >= 0.3 is 6.09 Å². The maximum atomic E-state index is 13.7. The Hall–Kier alpha value is -4.12. The van der Waals surface area contributed by atoms with Crippen LogP contribution in [0.5, 0.6) is 5.75 Å². The number of carbonyl (C=O) groups is 2. The lowest BCUT2D eigenvalue weighted by molar-refractivity contribution is 0.0700. The topological polar surface area (TPSA) is 130 Å². The molecule has 2 amide bonds. The summed E-state index contributed by atoms with van der Waals surface area (Å²) in [5, 5.41) is 3.82. The van der Waals surface area contributed by atoms with Gasteiger partial charge in [-0.25, -0.2) is 14.8 Å². The van der Waals surface area contributed by atoms with Gasteiger partial charge in [0.2, 0.25) is 0 Å². The average molecular weight is 558 g/mol. The normalized spacial score (nSPS) is 21.6. The van der Waals surface area contributed by atoms with E-state index < -0.39 is 6.09 Å². The summed E-state index contributed by atoms with van der Waals surface area (Å²) in [5.41, 5.74) is 10.2. The van der Waals surface area contributed by atoms with Crippen LogP contribution >= 0.6 is 0 Å². The molecule has 0 spiro atoms. The van der Waals surface area contributed by atoms with E-state index in [1.807, 2.05) is 23.2 Å². The molecule has 1 aliphatic heterocycles. The number of benzene rings is 1. The number of ether oxygens (including phenoxy) is 2. The van der Waals surface area contributed by atoms with Crippen molar-refractivity contribution in [2.75, 3.05) is 27.3 Å². The van der Waals surface area contributed by atoms with E-state index in [2.05, 4.69) is 26.6 Å². The number of likely N-dealkylation sites (tertiary alicyclic amines) is 1. The zero-order valence-corrected chi connectivity index (χ0v) is 23.4. The van der Waals surface area contributed by atoms with Gasteiger partial charge in [0.15, 0.2) is 5.82 Å². The standard InChI is InChI=1S/C30H35N7O4/c1-40-24-14-20(29(38)37-16-19-7-8-22(37)25(19)31)12-21-26(24)35(11-10-33-30(39)41-2)28(34-21)23-13-18-4-3-9-32-27(18)36(23)15-17-5-6-17/h3-4,9,12-14,17,19,22,25H,5-8,10-11,15-16,31H2,1-2H3,(H,33,39)/t19-,22-,25-/m1/s1. The SMILES string of the molecule is COC(=O)NCCn1c(-c2cc3cccnc3n2CC2CC2)nc2cc(C(=O)N3C[C@H]4CC[C@@H]3[C@@H]4N)cc(OC)c21. The number of carbonyl (C=O) groups excluding carboxylic acids is 2. The molecule has 1 aromatic carbocycles. The maximum Gasteiger partial charge on any atom is 0.406 e. The molecule has 3 N–H and O–H groups in total. The van der Waals surface area contributed by atoms with Crippen LogP contribution in [0.2, 0.25) is 0 Å². The third-order valence-electron chi connectivity index (χ3n) is 9.00. The number of pyridine rings is 1. The lowest BCUT2D eigenvalue weighted by Gasteiger charge is -2.27. The molecule has 11 heteroatoms. The molecule has 4 aromatic rings. The van der Waals surface area contributed by atoms with E-state index in [4.69, 9.17) is 25.2 Å². The second-order valence-corrected chi connectivity index (χ2v) is 11.5. The van der Waals surface area contributed by atoms with Crippen LogP contribution in [0.4, 0.5) is 4.79 Å². The predicted octanol–water partition coefficient (Wildman–Crippen LogP) is 3.39. The Morgan fingerprint density at radius 1 is 1.12 bits per heavy atom. The highest BCUT2D eigenvalue weighted by Gasteiger charge is 2.47. The lowest BCUT2D eigenvalue weighted by atomic mass is 10.1. The summed E-state index contributed by atoms with van der Waals surface area (Å²) in [5.74, 6) is 2.23. The van der Waals surface area contributed by atoms with Crippen molar-refractivity contribution in [3.63, 3.8) is 0 Å². The van der Waals surface area contributed by atoms with Gasteiger partial charge in [-0.15, -0.1) is 0 Å². The zero-order chi connectivity index (χ0) is 28.2. The smallest absolute Gasteiger partial charge is 0.406 e. The number of piperidine rings is 1. The molecule has 214 valence electrons. The van der Waals surface area contributed by atoms with Crippen molar-refractivity contribution in [3.05, 3.63) is 42.1 Å². The maximum absolute atomic E-state index is 13.7. The molecule has 3 aliphatic rings. The van der Waals surface area contributed by atoms with Crippen molar-refractivity contribution in [1.29, 1.82) is 0 Å². The molecule has 7 rings (SSSR count). The van der Waals surface area contributed by atoms with Crippen molar-refractivity contribution in [3.8, 4) is 17.3 Å². The van der Waals surface area contributed by atoms with Gasteiger partial charge in [0.25, 0.3) is 5.91 Å². The number of fused-ring (bicyclic) bond motifs is 4. The molecular weight excluding hydrogens is 522 g/mol. The summed E-state index contributed by atoms with van der Waals surface area (Å²) in [6.07, 6.45) is 5.74. The minimum absolute atomic E-state index is 0.0386. The Balaban J connectivity index is 1.36. The van der Waals surface area contributed by atoms with Crippen molar-refractivity contribution < 1.29 is 19.1 Å². The van der Waals surface area contributed by atoms with Crippen LogP contribution < -0.4 is 15.8 Å². The number of aromatic nitrogens is 4. The highest BCUT2D eigenvalue weighted by molar-refractivity contribution is 6.00. The predicted molar refractivity (Wildman–Crippen MR) is 154 cm³/mol. The number of alkyl carbamates (subject to hydrolysis) is 1. The highest BCUT2D eigenvalue weighted by Crippen LogP contribution is 2.40. The number of nitrogens with one attached hydrogen (secondary N) is 1. The summed E-state index contributed by atoms with van der Waals surface area (Å²) in [6, 6.07) is 9.91. The van der Waals surface area contributed by atoms with Gasteiger partial charge in [-0.1, -0.05) is 0 Å². The Labute approximate surface area is 237 Å². The minimum Gasteiger partial charge on any atom is -0.494 e. The van der Waals surface area contributed by atoms with Crippen molar-refractivity contribution >= 4 is 34.1 Å². The Kier molecular flexibility index (Phi) is 6.33. The fraction of sp³-hybridized carbons (Fsp3) is 0.467. The number of imidazole rings is 1. The monoisotopic (exact) mass is 557 g/mol. The summed E-state index contributed by atoms with van der Waals surface area (Å²) in [6.45, 7) is 2.30. The van der Waals surface area contributed by atoms with Crippen LogP contribution in [0.15, 0.2) is 36.5 Å². The molecular formula is C30H35N7O4. The molecule has 4 heterocycles. The first-order valence-electron chi connectivity index (χ1n) is 14.4. The first-order chi connectivity index (χ1) is 20.0. The molecule has 41 heavy (non-hydrogen) atoms. The van der Waals surface area contributed by atoms with Gasteiger partial charge in [-0.3, -0.25) is 4.79 Å². The van der Waals surface area contributed by atoms with Crippen LogP contribution in [-0.2, 0) is 17.8 Å². The van der Waals surface area contributed by atoms with Crippen LogP contribution in [0, 0.1) is 11.8 Å². The van der Waals surface area contributed by atoms with Crippen molar-refractivity contribution in [1.82, 2.24) is 29.3 Å². The van der Waals surface area contributed by atoms with Gasteiger partial charge in [-0.05, 0) is 67.9 Å². The van der Waals surface area contributed by atoms with E-state index in [9.17, 15) is 9.59 Å². The minimum atomic E-state index is -0.499. The first-order valence-corrected chi connectivity index (χ1v) is 14.4. The number of hydrogen-bond donors (Lipinski definition) is 2. The second kappa shape index (κ2) is 10.1. The highest BCUT2D eigenvalue weighted by atomic mass is 16.5. The summed E-state index contributed by atoms with van der Waals surface area (Å²) in [4.78, 5) is 37.3. The third kappa shape index (κ3) is 4.39. The molecule has 2 aliphatic carbocycles. The number of amides is 2. The third-order valence-corrected chi connectivity index (χ3v) is 9.00. The number of nitrogens with zero attached hydrogens (tertiary/aromatic N) is 5. The molecule has 2 bridgehead atoms. The Morgan fingerprint density at radius 2 is 1.98 bits per heavy atom.